The van der Waals surface area contributed by atoms with E-state index in [0.29, 0.717) is 35.8 Å². The van der Waals surface area contributed by atoms with Gasteiger partial charge in [-0.25, -0.2) is 0 Å². The number of nitrogens with zero attached hydrogens (tertiary/aromatic N) is 2. The molecular formula is C26H38Cl2N2O5. The molecule has 1 unspecified atom stereocenters. The van der Waals surface area contributed by atoms with Gasteiger partial charge in [-0.1, -0.05) is 30.3 Å². The van der Waals surface area contributed by atoms with Gasteiger partial charge in [0.25, 0.3) is 0 Å². The van der Waals surface area contributed by atoms with Crippen molar-refractivity contribution in [3.63, 3.8) is 0 Å². The topological polar surface area (TPSA) is 60.5 Å². The summed E-state index contributed by atoms with van der Waals surface area (Å²) in [6.07, 6.45) is 1.41. The van der Waals surface area contributed by atoms with Crippen LogP contribution < -0.4 is 14.2 Å². The van der Waals surface area contributed by atoms with Crippen molar-refractivity contribution in [2.24, 2.45) is 0 Å². The lowest BCUT2D eigenvalue weighted by atomic mass is 10.1. The van der Waals surface area contributed by atoms with Gasteiger partial charge in [-0.15, -0.1) is 24.8 Å². The summed E-state index contributed by atoms with van der Waals surface area (Å²) in [4.78, 5) is 17.6. The van der Waals surface area contributed by atoms with E-state index in [9.17, 15) is 4.79 Å². The predicted molar refractivity (Wildman–Crippen MR) is 143 cm³/mol. The van der Waals surface area contributed by atoms with Crippen LogP contribution in [0.1, 0.15) is 29.3 Å². The van der Waals surface area contributed by atoms with Gasteiger partial charge in [0.15, 0.2) is 17.3 Å². The Morgan fingerprint density at radius 3 is 2.03 bits per heavy atom. The molecule has 9 heteroatoms. The zero-order chi connectivity index (χ0) is 23.6. The van der Waals surface area contributed by atoms with Crippen LogP contribution in [0.25, 0.3) is 0 Å². The van der Waals surface area contributed by atoms with Gasteiger partial charge in [0.05, 0.1) is 21.3 Å². The maximum absolute atomic E-state index is 12.9. The standard InChI is InChI=1S/C26H36N2O5.2ClH/c1-5-33-25(17-20-9-7-6-8-10-20)28-15-13-27(14-16-28)12-11-22(29)21-18-23(30-2)26(32-4)24(19-21)31-3;;/h6-10,18-19,25H,5,11-17H2,1-4H3;2*1H. The van der Waals surface area contributed by atoms with Crippen molar-refractivity contribution < 1.29 is 23.7 Å². The maximum atomic E-state index is 12.9. The summed E-state index contributed by atoms with van der Waals surface area (Å²) < 4.78 is 22.2. The van der Waals surface area contributed by atoms with Crippen LogP contribution in [-0.4, -0.2) is 82.5 Å². The van der Waals surface area contributed by atoms with Gasteiger partial charge in [0.1, 0.15) is 6.23 Å². The van der Waals surface area contributed by atoms with E-state index in [1.165, 1.54) is 5.56 Å². The van der Waals surface area contributed by atoms with Gasteiger partial charge < -0.3 is 23.8 Å². The predicted octanol–water partition coefficient (Wildman–Crippen LogP) is 4.35. The SMILES string of the molecule is CCOC(Cc1ccccc1)N1CCN(CCC(=O)c2cc(OC)c(OC)c(OC)c2)CC1.Cl.Cl. The van der Waals surface area contributed by atoms with Gasteiger partial charge >= 0.3 is 0 Å². The molecule has 35 heavy (non-hydrogen) atoms. The van der Waals surface area contributed by atoms with E-state index < -0.39 is 0 Å². The number of carbonyl (C=O) groups excluding carboxylic acids is 1. The molecule has 1 fully saturated rings. The number of hydrogen-bond acceptors (Lipinski definition) is 7. The molecule has 0 bridgehead atoms. The lowest BCUT2D eigenvalue weighted by Crippen LogP contribution is -2.52. The van der Waals surface area contributed by atoms with Crippen LogP contribution in [0.2, 0.25) is 0 Å². The Morgan fingerprint density at radius 1 is 0.914 bits per heavy atom. The molecule has 3 rings (SSSR count). The molecule has 2 aromatic rings. The van der Waals surface area contributed by atoms with E-state index in [1.807, 2.05) is 13.0 Å². The smallest absolute Gasteiger partial charge is 0.203 e. The van der Waals surface area contributed by atoms with E-state index in [0.717, 1.165) is 39.1 Å². The molecule has 1 aliphatic heterocycles. The van der Waals surface area contributed by atoms with Crippen molar-refractivity contribution in [1.29, 1.82) is 0 Å². The minimum Gasteiger partial charge on any atom is -0.493 e. The fourth-order valence-corrected chi connectivity index (χ4v) is 4.22. The Bertz CT molecular complexity index is 868. The quantitative estimate of drug-likeness (QED) is 0.379. The van der Waals surface area contributed by atoms with Crippen molar-refractivity contribution in [3.8, 4) is 17.2 Å². The molecule has 7 nitrogen and oxygen atoms in total. The first kappa shape index (κ1) is 31.0. The molecular weight excluding hydrogens is 491 g/mol. The Hall–Kier alpha value is -2.03. The fraction of sp³-hybridized carbons (Fsp3) is 0.500. The molecule has 0 spiro atoms. The van der Waals surface area contributed by atoms with Crippen LogP contribution in [0.4, 0.5) is 0 Å². The molecule has 0 aliphatic carbocycles. The van der Waals surface area contributed by atoms with Crippen molar-refractivity contribution in [2.75, 3.05) is 60.7 Å². The van der Waals surface area contributed by atoms with E-state index in [-0.39, 0.29) is 36.8 Å². The molecule has 0 aromatic heterocycles. The van der Waals surface area contributed by atoms with Gasteiger partial charge in [-0.3, -0.25) is 9.69 Å². The summed E-state index contributed by atoms with van der Waals surface area (Å²) in [5, 5.41) is 0. The number of carbonyl (C=O) groups is 1. The Kier molecular flexibility index (Phi) is 14.0. The molecule has 1 aliphatic rings. The second-order valence-corrected chi connectivity index (χ2v) is 8.06. The highest BCUT2D eigenvalue weighted by atomic mass is 35.5. The number of ketones is 1. The second kappa shape index (κ2) is 15.9. The normalized spacial score (nSPS) is 14.9. The first-order chi connectivity index (χ1) is 16.1. The summed E-state index contributed by atoms with van der Waals surface area (Å²) in [5.41, 5.74) is 1.86. The Labute approximate surface area is 221 Å². The summed E-state index contributed by atoms with van der Waals surface area (Å²) >= 11 is 0. The number of ether oxygens (including phenoxy) is 4. The summed E-state index contributed by atoms with van der Waals surface area (Å²) in [5.74, 6) is 1.54. The highest BCUT2D eigenvalue weighted by Gasteiger charge is 2.25. The molecule has 2 aromatic carbocycles. The van der Waals surface area contributed by atoms with Crippen molar-refractivity contribution in [1.82, 2.24) is 9.80 Å². The maximum Gasteiger partial charge on any atom is 0.203 e. The lowest BCUT2D eigenvalue weighted by molar-refractivity contribution is -0.0711. The minimum atomic E-state index is 0. The van der Waals surface area contributed by atoms with Crippen molar-refractivity contribution >= 4 is 30.6 Å². The van der Waals surface area contributed by atoms with E-state index in [2.05, 4.69) is 34.1 Å². The van der Waals surface area contributed by atoms with Crippen LogP contribution in [0.5, 0.6) is 17.2 Å². The first-order valence-electron chi connectivity index (χ1n) is 11.5. The Morgan fingerprint density at radius 2 is 1.51 bits per heavy atom. The van der Waals surface area contributed by atoms with E-state index in [4.69, 9.17) is 18.9 Å². The fourth-order valence-electron chi connectivity index (χ4n) is 4.22. The monoisotopic (exact) mass is 528 g/mol. The summed E-state index contributed by atoms with van der Waals surface area (Å²) in [7, 11) is 4.66. The average Bonchev–Trinajstić information content (AvgIpc) is 2.87. The van der Waals surface area contributed by atoms with Crippen LogP contribution in [0, 0.1) is 0 Å². The van der Waals surface area contributed by atoms with Gasteiger partial charge in [-0.2, -0.15) is 0 Å². The molecule has 0 radical (unpaired) electrons. The van der Waals surface area contributed by atoms with Gasteiger partial charge in [0, 0.05) is 57.7 Å². The Balaban J connectivity index is 0.00000306. The zero-order valence-corrected chi connectivity index (χ0v) is 22.7. The minimum absolute atomic E-state index is 0. The lowest BCUT2D eigenvalue weighted by Gasteiger charge is -2.39. The van der Waals surface area contributed by atoms with Crippen molar-refractivity contribution in [3.05, 3.63) is 53.6 Å². The van der Waals surface area contributed by atoms with Crippen LogP contribution in [0.15, 0.2) is 42.5 Å². The molecule has 1 heterocycles. The number of halogens is 2. The summed E-state index contributed by atoms with van der Waals surface area (Å²) in [6, 6.07) is 13.9. The van der Waals surface area contributed by atoms with Crippen LogP contribution in [0.3, 0.4) is 0 Å². The zero-order valence-electron chi connectivity index (χ0n) is 21.0. The number of rotatable bonds is 12. The highest BCUT2D eigenvalue weighted by molar-refractivity contribution is 5.97. The highest BCUT2D eigenvalue weighted by Crippen LogP contribution is 2.38. The molecule has 0 N–H and O–H groups in total. The van der Waals surface area contributed by atoms with Gasteiger partial charge in [0.2, 0.25) is 5.75 Å². The number of hydrogen-bond donors (Lipinski definition) is 0. The van der Waals surface area contributed by atoms with E-state index in [1.54, 1.807) is 33.5 Å². The molecule has 196 valence electrons. The van der Waals surface area contributed by atoms with E-state index >= 15 is 0 Å². The molecule has 1 atom stereocenters. The molecule has 1 saturated heterocycles. The average molecular weight is 530 g/mol. The first-order valence-corrected chi connectivity index (χ1v) is 11.5. The third-order valence-electron chi connectivity index (χ3n) is 6.07. The van der Waals surface area contributed by atoms with Crippen LogP contribution in [-0.2, 0) is 11.2 Å². The second-order valence-electron chi connectivity index (χ2n) is 8.06. The summed E-state index contributed by atoms with van der Waals surface area (Å²) in [6.45, 7) is 7.15. The molecule has 0 amide bonds. The number of Topliss-reactive ketones (excluding diaryl/α,β-unsaturated/α-hetero) is 1. The number of piperazine rings is 1. The molecule has 0 saturated carbocycles. The number of methoxy groups -OCH3 is 3. The van der Waals surface area contributed by atoms with Crippen molar-refractivity contribution in [2.45, 2.75) is 26.0 Å². The van der Waals surface area contributed by atoms with Crippen LogP contribution >= 0.6 is 24.8 Å². The largest absolute Gasteiger partial charge is 0.493 e. The third-order valence-corrected chi connectivity index (χ3v) is 6.07. The third kappa shape index (κ3) is 8.54. The van der Waals surface area contributed by atoms with Gasteiger partial charge in [-0.05, 0) is 24.6 Å². The number of benzene rings is 2.